The van der Waals surface area contributed by atoms with Crippen LogP contribution >= 0.6 is 35.7 Å². The minimum Gasteiger partial charge on any atom is -0.355 e. The Morgan fingerprint density at radius 2 is 1.89 bits per heavy atom. The fraction of sp³-hybridized carbons (Fsp3) is 0.600. The molecule has 1 aliphatic heterocycles. The Morgan fingerprint density at radius 1 is 1.21 bits per heavy atom. The lowest BCUT2D eigenvalue weighted by Crippen LogP contribution is -2.54. The number of hydrogen-bond donors (Lipinski definition) is 2. The topological polar surface area (TPSA) is 60.0 Å². The van der Waals surface area contributed by atoms with Crippen LogP contribution in [-0.4, -0.2) is 79.3 Å². The molecule has 1 heterocycles. The quantitative estimate of drug-likeness (QED) is 0.252. The number of amides is 1. The van der Waals surface area contributed by atoms with E-state index in [-0.39, 0.29) is 29.9 Å². The van der Waals surface area contributed by atoms with E-state index in [1.54, 1.807) is 0 Å². The lowest BCUT2D eigenvalue weighted by Gasteiger charge is -2.36. The number of aliphatic imine (C=N–C) groups is 1. The Balaban J connectivity index is 0.00000280. The summed E-state index contributed by atoms with van der Waals surface area (Å²) in [4.78, 5) is 22.2. The van der Waals surface area contributed by atoms with Crippen molar-refractivity contribution < 1.29 is 4.79 Å². The Bertz CT molecular complexity index is 633. The van der Waals surface area contributed by atoms with Gasteiger partial charge >= 0.3 is 0 Å². The molecule has 1 amide bonds. The van der Waals surface area contributed by atoms with E-state index >= 15 is 0 Å². The molecule has 1 atom stereocenters. The van der Waals surface area contributed by atoms with Gasteiger partial charge in [0, 0.05) is 56.0 Å². The predicted molar refractivity (Wildman–Crippen MR) is 128 cm³/mol. The molecule has 0 aromatic heterocycles. The molecule has 8 heteroatoms. The monoisotopic (exact) mass is 517 g/mol. The maximum absolute atomic E-state index is 12.0. The van der Waals surface area contributed by atoms with Crippen molar-refractivity contribution in [2.75, 3.05) is 46.3 Å². The molecule has 1 saturated heterocycles. The summed E-state index contributed by atoms with van der Waals surface area (Å²) in [7, 11) is 1.84. The van der Waals surface area contributed by atoms with Gasteiger partial charge in [-0.05, 0) is 25.0 Å². The summed E-state index contributed by atoms with van der Waals surface area (Å²) in [5, 5.41) is 7.03. The van der Waals surface area contributed by atoms with E-state index in [9.17, 15) is 4.79 Å². The zero-order chi connectivity index (χ0) is 19.1. The predicted octanol–water partition coefficient (Wildman–Crippen LogP) is 2.26. The molecule has 1 aromatic carbocycles. The summed E-state index contributed by atoms with van der Waals surface area (Å²) in [6, 6.07) is 10.9. The van der Waals surface area contributed by atoms with Gasteiger partial charge < -0.3 is 15.5 Å². The first kappa shape index (κ1) is 23.3. The highest BCUT2D eigenvalue weighted by molar-refractivity contribution is 14.0. The van der Waals surface area contributed by atoms with Crippen molar-refractivity contribution in [2.24, 2.45) is 4.99 Å². The first-order valence-electron chi connectivity index (χ1n) is 9.83. The first-order chi connectivity index (χ1) is 13.1. The third-order valence-corrected chi connectivity index (χ3v) is 5.93. The molecule has 2 fully saturated rings. The fourth-order valence-corrected chi connectivity index (χ4v) is 4.11. The summed E-state index contributed by atoms with van der Waals surface area (Å²) < 4.78 is 0. The normalized spacial score (nSPS) is 18.9. The average molecular weight is 517 g/mol. The molecule has 0 spiro atoms. The van der Waals surface area contributed by atoms with Gasteiger partial charge in [0.2, 0.25) is 5.91 Å². The van der Waals surface area contributed by atoms with E-state index in [1.807, 2.05) is 24.9 Å². The minimum absolute atomic E-state index is 0. The van der Waals surface area contributed by atoms with Crippen molar-refractivity contribution >= 4 is 47.6 Å². The Morgan fingerprint density at radius 3 is 2.50 bits per heavy atom. The third kappa shape index (κ3) is 7.79. The summed E-state index contributed by atoms with van der Waals surface area (Å²) >= 11 is 1.87. The van der Waals surface area contributed by atoms with E-state index in [4.69, 9.17) is 0 Å². The first-order valence-corrected chi connectivity index (χ1v) is 10.7. The van der Waals surface area contributed by atoms with Crippen LogP contribution in [0.5, 0.6) is 0 Å². The van der Waals surface area contributed by atoms with E-state index in [2.05, 4.69) is 56.6 Å². The van der Waals surface area contributed by atoms with Gasteiger partial charge in [0.1, 0.15) is 0 Å². The van der Waals surface area contributed by atoms with Gasteiger partial charge in [0.15, 0.2) is 5.96 Å². The molecule has 3 rings (SSSR count). The molecule has 1 aliphatic carbocycles. The minimum atomic E-state index is 0. The second-order valence-electron chi connectivity index (χ2n) is 7.27. The maximum Gasteiger partial charge on any atom is 0.234 e. The Kier molecular flexibility index (Phi) is 9.87. The Labute approximate surface area is 189 Å². The molecule has 0 radical (unpaired) electrons. The lowest BCUT2D eigenvalue weighted by atomic mass is 10.3. The zero-order valence-electron chi connectivity index (χ0n) is 16.8. The van der Waals surface area contributed by atoms with Gasteiger partial charge in [-0.1, -0.05) is 25.1 Å². The van der Waals surface area contributed by atoms with Gasteiger partial charge in [-0.15, -0.1) is 35.7 Å². The van der Waals surface area contributed by atoms with Crippen LogP contribution in [0.4, 0.5) is 0 Å². The van der Waals surface area contributed by atoms with Crippen molar-refractivity contribution in [3.05, 3.63) is 30.3 Å². The summed E-state index contributed by atoms with van der Waals surface area (Å²) in [5.41, 5.74) is 0. The molecular weight excluding hydrogens is 485 g/mol. The molecule has 28 heavy (non-hydrogen) atoms. The standard InChI is InChI=1S/C20H31N5OS.HI/c1-16(27-18-6-4-3-5-7-18)14-22-20(21-2)25-12-10-24(11-13-25)15-19(26)23-17-8-9-17;/h3-7,16-17H,8-15H2,1-2H3,(H,21,22)(H,23,26);1H. The smallest absolute Gasteiger partial charge is 0.234 e. The molecule has 6 nitrogen and oxygen atoms in total. The van der Waals surface area contributed by atoms with Crippen molar-refractivity contribution in [1.29, 1.82) is 0 Å². The van der Waals surface area contributed by atoms with Crippen LogP contribution in [0.1, 0.15) is 19.8 Å². The maximum atomic E-state index is 12.0. The summed E-state index contributed by atoms with van der Waals surface area (Å²) in [5.74, 6) is 1.12. The number of rotatable bonds is 7. The van der Waals surface area contributed by atoms with E-state index in [1.165, 1.54) is 4.90 Å². The second kappa shape index (κ2) is 11.9. The molecule has 1 aromatic rings. The number of benzene rings is 1. The summed E-state index contributed by atoms with van der Waals surface area (Å²) in [6.45, 7) is 7.21. The van der Waals surface area contributed by atoms with Gasteiger partial charge in [0.25, 0.3) is 0 Å². The van der Waals surface area contributed by atoms with E-state index < -0.39 is 0 Å². The lowest BCUT2D eigenvalue weighted by molar-refractivity contribution is -0.122. The van der Waals surface area contributed by atoms with Crippen LogP contribution in [0.3, 0.4) is 0 Å². The number of nitrogens with zero attached hydrogens (tertiary/aromatic N) is 3. The van der Waals surface area contributed by atoms with Gasteiger partial charge in [-0.25, -0.2) is 0 Å². The molecular formula is C20H32IN5OS. The molecule has 1 unspecified atom stereocenters. The van der Waals surface area contributed by atoms with Crippen LogP contribution in [0, 0.1) is 0 Å². The number of guanidine groups is 1. The van der Waals surface area contributed by atoms with Crippen molar-refractivity contribution in [3.8, 4) is 0 Å². The number of carbonyl (C=O) groups excluding carboxylic acids is 1. The van der Waals surface area contributed by atoms with Crippen LogP contribution in [0.25, 0.3) is 0 Å². The fourth-order valence-electron chi connectivity index (χ4n) is 3.16. The molecule has 156 valence electrons. The summed E-state index contributed by atoms with van der Waals surface area (Å²) in [6.07, 6.45) is 2.28. The SMILES string of the molecule is CN=C(NCC(C)Sc1ccccc1)N1CCN(CC(=O)NC2CC2)CC1.I. The highest BCUT2D eigenvalue weighted by Gasteiger charge is 2.26. The van der Waals surface area contributed by atoms with Crippen LogP contribution in [-0.2, 0) is 4.79 Å². The van der Waals surface area contributed by atoms with Crippen LogP contribution in [0.15, 0.2) is 40.2 Å². The number of carbonyl (C=O) groups is 1. The van der Waals surface area contributed by atoms with Gasteiger partial charge in [0.05, 0.1) is 6.54 Å². The van der Waals surface area contributed by atoms with Gasteiger partial charge in [-0.3, -0.25) is 14.7 Å². The van der Waals surface area contributed by atoms with Gasteiger partial charge in [-0.2, -0.15) is 0 Å². The van der Waals surface area contributed by atoms with Crippen molar-refractivity contribution in [1.82, 2.24) is 20.4 Å². The van der Waals surface area contributed by atoms with Crippen LogP contribution < -0.4 is 10.6 Å². The van der Waals surface area contributed by atoms with E-state index in [0.717, 1.165) is 51.5 Å². The Hall–Kier alpha value is -1.00. The average Bonchev–Trinajstić information content (AvgIpc) is 3.48. The highest BCUT2D eigenvalue weighted by atomic mass is 127. The second-order valence-corrected chi connectivity index (χ2v) is 8.79. The molecule has 1 saturated carbocycles. The van der Waals surface area contributed by atoms with Crippen molar-refractivity contribution in [2.45, 2.75) is 36.0 Å². The highest BCUT2D eigenvalue weighted by Crippen LogP contribution is 2.22. The number of nitrogens with one attached hydrogen (secondary N) is 2. The van der Waals surface area contributed by atoms with Crippen molar-refractivity contribution in [3.63, 3.8) is 0 Å². The number of thioether (sulfide) groups is 1. The zero-order valence-corrected chi connectivity index (χ0v) is 19.9. The van der Waals surface area contributed by atoms with Crippen LogP contribution in [0.2, 0.25) is 0 Å². The number of piperazine rings is 1. The molecule has 2 N–H and O–H groups in total. The van der Waals surface area contributed by atoms with E-state index in [0.29, 0.717) is 17.8 Å². The number of halogens is 1. The molecule has 0 bridgehead atoms. The number of hydrogen-bond acceptors (Lipinski definition) is 4. The third-order valence-electron chi connectivity index (χ3n) is 4.82. The molecule has 2 aliphatic rings. The largest absolute Gasteiger partial charge is 0.355 e.